The maximum Gasteiger partial charge on any atom is 0.404 e. The van der Waals surface area contributed by atoms with Crippen molar-refractivity contribution in [3.05, 3.63) is 39.3 Å². The van der Waals surface area contributed by atoms with Crippen molar-refractivity contribution in [3.63, 3.8) is 0 Å². The summed E-state index contributed by atoms with van der Waals surface area (Å²) in [7, 11) is 1.73. The minimum atomic E-state index is -0.964. The molecule has 1 aliphatic heterocycles. The molecule has 0 unspecified atom stereocenters. The average Bonchev–Trinajstić information content (AvgIpc) is 2.58. The molecule has 134 valence electrons. The number of aryl methyl sites for hydroxylation is 1. The molecular formula is C17H21ClN4O3. The van der Waals surface area contributed by atoms with Crippen LogP contribution in [-0.4, -0.2) is 51.3 Å². The largest absolute Gasteiger partial charge is 0.465 e. The lowest BCUT2D eigenvalue weighted by Crippen LogP contribution is -2.44. The number of aromatic nitrogens is 2. The van der Waals surface area contributed by atoms with Gasteiger partial charge in [-0.1, -0.05) is 11.6 Å². The van der Waals surface area contributed by atoms with Crippen LogP contribution in [0.4, 0.5) is 4.79 Å². The molecule has 3 rings (SSSR count). The van der Waals surface area contributed by atoms with Crippen LogP contribution in [-0.2, 0) is 13.5 Å². The molecule has 2 aromatic heterocycles. The predicted molar refractivity (Wildman–Crippen MR) is 96.3 cm³/mol. The van der Waals surface area contributed by atoms with Gasteiger partial charge in [-0.15, -0.1) is 0 Å². The van der Waals surface area contributed by atoms with Gasteiger partial charge in [-0.25, -0.2) is 4.79 Å². The summed E-state index contributed by atoms with van der Waals surface area (Å²) in [5.41, 5.74) is 2.38. The Hall–Kier alpha value is -2.12. The van der Waals surface area contributed by atoms with E-state index in [1.807, 2.05) is 0 Å². The molecule has 0 aromatic carbocycles. The Labute approximate surface area is 150 Å². The number of pyridine rings is 2. The van der Waals surface area contributed by atoms with E-state index in [9.17, 15) is 9.59 Å². The Morgan fingerprint density at radius 3 is 2.80 bits per heavy atom. The van der Waals surface area contributed by atoms with Crippen molar-refractivity contribution >= 4 is 28.7 Å². The number of nitrogens with zero attached hydrogens (tertiary/aromatic N) is 3. The molecule has 2 N–H and O–H groups in total. The van der Waals surface area contributed by atoms with E-state index in [1.165, 1.54) is 6.07 Å². The molecular weight excluding hydrogens is 344 g/mol. The highest BCUT2D eigenvalue weighted by molar-refractivity contribution is 6.32. The van der Waals surface area contributed by atoms with Crippen molar-refractivity contribution in [1.82, 2.24) is 19.8 Å². The Morgan fingerprint density at radius 1 is 1.40 bits per heavy atom. The Balaban J connectivity index is 1.72. The number of carboxylic acid groups (broad SMARTS) is 1. The molecule has 1 amide bonds. The summed E-state index contributed by atoms with van der Waals surface area (Å²) in [5, 5.41) is 11.9. The summed E-state index contributed by atoms with van der Waals surface area (Å²) < 4.78 is 1.59. The van der Waals surface area contributed by atoms with Gasteiger partial charge < -0.3 is 19.9 Å². The molecule has 1 fully saturated rings. The van der Waals surface area contributed by atoms with Crippen molar-refractivity contribution in [1.29, 1.82) is 0 Å². The maximum atomic E-state index is 12.0. The van der Waals surface area contributed by atoms with Crippen LogP contribution in [0.25, 0.3) is 11.0 Å². The van der Waals surface area contributed by atoms with Crippen molar-refractivity contribution in [2.45, 2.75) is 25.3 Å². The summed E-state index contributed by atoms with van der Waals surface area (Å²) in [6.07, 6.45) is 2.99. The van der Waals surface area contributed by atoms with Crippen LogP contribution in [0.15, 0.2) is 23.1 Å². The molecule has 0 aliphatic carbocycles. The van der Waals surface area contributed by atoms with Gasteiger partial charge in [0.15, 0.2) is 0 Å². The number of hydrogen-bond acceptors (Lipinski definition) is 4. The molecule has 0 radical (unpaired) electrons. The third kappa shape index (κ3) is 3.93. The second-order valence-corrected chi connectivity index (χ2v) is 6.77. The van der Waals surface area contributed by atoms with E-state index in [0.717, 1.165) is 49.1 Å². The first kappa shape index (κ1) is 17.7. The van der Waals surface area contributed by atoms with Crippen molar-refractivity contribution in [3.8, 4) is 0 Å². The molecule has 1 aliphatic rings. The number of rotatable bonds is 4. The standard InChI is InChI=1S/C17H21ClN4O3/c1-21-15(23)3-2-14-16(21)12(13(18)10-19-14)6-9-22-7-4-11(5-8-22)20-17(24)25/h2-3,10-11,20H,4-9H2,1H3,(H,24,25). The smallest absolute Gasteiger partial charge is 0.404 e. The van der Waals surface area contributed by atoms with Gasteiger partial charge in [0, 0.05) is 45.0 Å². The van der Waals surface area contributed by atoms with Crippen LogP contribution in [0.3, 0.4) is 0 Å². The van der Waals surface area contributed by atoms with Gasteiger partial charge in [-0.05, 0) is 30.9 Å². The fourth-order valence-corrected chi connectivity index (χ4v) is 3.62. The Bertz CT molecular complexity index is 844. The van der Waals surface area contributed by atoms with Gasteiger partial charge in [0.1, 0.15) is 0 Å². The molecule has 0 bridgehead atoms. The summed E-state index contributed by atoms with van der Waals surface area (Å²) in [6.45, 7) is 2.48. The summed E-state index contributed by atoms with van der Waals surface area (Å²) in [5.74, 6) is 0. The SMILES string of the molecule is Cn1c(=O)ccc2ncc(Cl)c(CCN3CCC(NC(=O)O)CC3)c21. The number of fused-ring (bicyclic) bond motifs is 1. The molecule has 2 aromatic rings. The zero-order valence-corrected chi connectivity index (χ0v) is 14.8. The topological polar surface area (TPSA) is 87.5 Å². The summed E-state index contributed by atoms with van der Waals surface area (Å²) in [4.78, 5) is 29.3. The van der Waals surface area contributed by atoms with E-state index in [0.29, 0.717) is 11.4 Å². The van der Waals surface area contributed by atoms with E-state index < -0.39 is 6.09 Å². The van der Waals surface area contributed by atoms with Crippen LogP contribution >= 0.6 is 11.6 Å². The third-order valence-electron chi connectivity index (χ3n) is 4.78. The summed E-state index contributed by atoms with van der Waals surface area (Å²) >= 11 is 6.35. The third-order valence-corrected chi connectivity index (χ3v) is 5.10. The molecule has 8 heteroatoms. The number of carbonyl (C=O) groups is 1. The number of hydrogen-bond donors (Lipinski definition) is 2. The Morgan fingerprint density at radius 2 is 2.12 bits per heavy atom. The second kappa shape index (κ2) is 7.41. The van der Waals surface area contributed by atoms with E-state index in [2.05, 4.69) is 15.2 Å². The fraction of sp³-hybridized carbons (Fsp3) is 0.471. The molecule has 3 heterocycles. The van der Waals surface area contributed by atoms with Gasteiger partial charge in [-0.2, -0.15) is 0 Å². The summed E-state index contributed by atoms with van der Waals surface area (Å²) in [6, 6.07) is 3.26. The van der Waals surface area contributed by atoms with Crippen molar-refractivity contribution in [2.24, 2.45) is 7.05 Å². The predicted octanol–water partition coefficient (Wildman–Crippen LogP) is 1.86. The number of likely N-dealkylation sites (tertiary alicyclic amines) is 1. The minimum absolute atomic E-state index is 0.0277. The number of halogens is 1. The zero-order valence-electron chi connectivity index (χ0n) is 14.0. The lowest BCUT2D eigenvalue weighted by molar-refractivity contribution is 0.169. The van der Waals surface area contributed by atoms with Crippen LogP contribution in [0, 0.1) is 0 Å². The van der Waals surface area contributed by atoms with Gasteiger partial charge >= 0.3 is 6.09 Å². The highest BCUT2D eigenvalue weighted by Gasteiger charge is 2.21. The average molecular weight is 365 g/mol. The van der Waals surface area contributed by atoms with Crippen LogP contribution in [0.2, 0.25) is 5.02 Å². The first-order chi connectivity index (χ1) is 12.0. The van der Waals surface area contributed by atoms with Crippen LogP contribution in [0.5, 0.6) is 0 Å². The first-order valence-corrected chi connectivity index (χ1v) is 8.68. The number of piperidine rings is 1. The number of amides is 1. The molecule has 1 saturated heterocycles. The number of nitrogens with one attached hydrogen (secondary N) is 1. The Kier molecular flexibility index (Phi) is 5.24. The van der Waals surface area contributed by atoms with Gasteiger partial charge in [0.05, 0.1) is 16.1 Å². The van der Waals surface area contributed by atoms with Crippen molar-refractivity contribution in [2.75, 3.05) is 19.6 Å². The van der Waals surface area contributed by atoms with Crippen LogP contribution in [0.1, 0.15) is 18.4 Å². The highest BCUT2D eigenvalue weighted by Crippen LogP contribution is 2.24. The van der Waals surface area contributed by atoms with Crippen molar-refractivity contribution < 1.29 is 9.90 Å². The first-order valence-electron chi connectivity index (χ1n) is 8.30. The van der Waals surface area contributed by atoms with Crippen LogP contribution < -0.4 is 10.9 Å². The van der Waals surface area contributed by atoms with Gasteiger partial charge in [0.2, 0.25) is 0 Å². The fourth-order valence-electron chi connectivity index (χ4n) is 3.38. The second-order valence-electron chi connectivity index (χ2n) is 6.36. The van der Waals surface area contributed by atoms with Gasteiger partial charge in [0.25, 0.3) is 5.56 Å². The quantitative estimate of drug-likeness (QED) is 0.864. The highest BCUT2D eigenvalue weighted by atomic mass is 35.5. The monoisotopic (exact) mass is 364 g/mol. The lowest BCUT2D eigenvalue weighted by atomic mass is 10.0. The molecule has 0 spiro atoms. The lowest BCUT2D eigenvalue weighted by Gasteiger charge is -2.31. The van der Waals surface area contributed by atoms with E-state index in [-0.39, 0.29) is 11.6 Å². The molecule has 0 atom stereocenters. The molecule has 25 heavy (non-hydrogen) atoms. The molecule has 7 nitrogen and oxygen atoms in total. The minimum Gasteiger partial charge on any atom is -0.465 e. The van der Waals surface area contributed by atoms with E-state index in [4.69, 9.17) is 16.7 Å². The van der Waals surface area contributed by atoms with E-state index >= 15 is 0 Å². The van der Waals surface area contributed by atoms with E-state index in [1.54, 1.807) is 23.9 Å². The van der Waals surface area contributed by atoms with Gasteiger partial charge in [-0.3, -0.25) is 9.78 Å². The maximum absolute atomic E-state index is 12.0. The normalized spacial score (nSPS) is 16.2. The molecule has 0 saturated carbocycles. The zero-order chi connectivity index (χ0) is 18.0.